The van der Waals surface area contributed by atoms with Crippen LogP contribution in [-0.4, -0.2) is 41.3 Å². The van der Waals surface area contributed by atoms with Crippen molar-refractivity contribution < 1.29 is 14.0 Å². The molecule has 0 bridgehead atoms. The maximum Gasteiger partial charge on any atom is 0.329 e. The number of allylic oxidation sites excluding steroid dienone is 1. The van der Waals surface area contributed by atoms with Gasteiger partial charge < -0.3 is 9.16 Å². The third-order valence-electron chi connectivity index (χ3n) is 6.08. The van der Waals surface area contributed by atoms with Crippen LogP contribution in [-0.2, 0) is 14.0 Å². The molecule has 0 aliphatic carbocycles. The summed E-state index contributed by atoms with van der Waals surface area (Å²) >= 11 is 1.56. The minimum atomic E-state index is -2.14. The number of aromatic nitrogens is 2. The Labute approximate surface area is 183 Å². The minimum Gasteiger partial charge on any atom is -0.464 e. The average molecular weight is 455 g/mol. The lowest BCUT2D eigenvalue weighted by molar-refractivity contribution is -0.142. The van der Waals surface area contributed by atoms with Crippen LogP contribution in [0.1, 0.15) is 51.5 Å². The molecule has 0 aromatic carbocycles. The summed E-state index contributed by atoms with van der Waals surface area (Å²) in [6, 6.07) is 0. The summed E-state index contributed by atoms with van der Waals surface area (Å²) in [5, 5.41) is -0.249. The van der Waals surface area contributed by atoms with Gasteiger partial charge in [-0.25, -0.2) is 4.79 Å². The summed E-state index contributed by atoms with van der Waals surface area (Å²) in [6.45, 7) is 18.0. The second-order valence-electron chi connectivity index (χ2n) is 9.49. The number of H-pyrrole nitrogens is 1. The van der Waals surface area contributed by atoms with E-state index in [0.29, 0.717) is 18.4 Å². The molecule has 168 valence electrons. The van der Waals surface area contributed by atoms with Gasteiger partial charge in [-0.3, -0.25) is 19.1 Å². The van der Waals surface area contributed by atoms with Crippen LogP contribution in [0.4, 0.5) is 0 Å². The number of ether oxygens (including phenoxy) is 1. The first kappa shape index (κ1) is 24.7. The fourth-order valence-corrected chi connectivity index (χ4v) is 6.48. The van der Waals surface area contributed by atoms with Crippen molar-refractivity contribution in [3.63, 3.8) is 0 Å². The zero-order valence-electron chi connectivity index (χ0n) is 19.0. The standard InChI is InChI=1S/C21H34N2O5SSi/c1-9-10-21(13-27-15(3)24)16(28-30(7,8)20(4,5)6)11-17(29-21)23-12-14(2)18(25)22-19(23)26/h9,12,16-17H,1,10-11,13H2,2-8H3,(H,22,25,26)/t16-,17+,21-/m0/s1. The van der Waals surface area contributed by atoms with Crippen molar-refractivity contribution in [3.05, 3.63) is 45.3 Å². The van der Waals surface area contributed by atoms with Crippen molar-refractivity contribution in [2.75, 3.05) is 6.61 Å². The highest BCUT2D eigenvalue weighted by Crippen LogP contribution is 2.54. The topological polar surface area (TPSA) is 90.4 Å². The molecule has 1 N–H and O–H groups in total. The van der Waals surface area contributed by atoms with E-state index >= 15 is 0 Å². The van der Waals surface area contributed by atoms with Crippen molar-refractivity contribution >= 4 is 26.0 Å². The van der Waals surface area contributed by atoms with Crippen molar-refractivity contribution in [1.29, 1.82) is 0 Å². The predicted molar refractivity (Wildman–Crippen MR) is 124 cm³/mol. The van der Waals surface area contributed by atoms with Gasteiger partial charge in [-0.05, 0) is 31.5 Å². The van der Waals surface area contributed by atoms with Gasteiger partial charge in [0.2, 0.25) is 0 Å². The Morgan fingerprint density at radius 3 is 2.60 bits per heavy atom. The van der Waals surface area contributed by atoms with Crippen LogP contribution in [0.5, 0.6) is 0 Å². The van der Waals surface area contributed by atoms with Gasteiger partial charge in [0.15, 0.2) is 8.32 Å². The first-order valence-corrected chi connectivity index (χ1v) is 13.9. The van der Waals surface area contributed by atoms with E-state index in [0.717, 1.165) is 0 Å². The van der Waals surface area contributed by atoms with Crippen LogP contribution < -0.4 is 11.2 Å². The van der Waals surface area contributed by atoms with Gasteiger partial charge in [0, 0.05) is 25.1 Å². The number of hydrogen-bond acceptors (Lipinski definition) is 6. The van der Waals surface area contributed by atoms with Crippen LogP contribution in [0.3, 0.4) is 0 Å². The summed E-state index contributed by atoms with van der Waals surface area (Å²) in [6.07, 6.45) is 4.31. The van der Waals surface area contributed by atoms with Crippen LogP contribution in [0.2, 0.25) is 18.1 Å². The van der Waals surface area contributed by atoms with Gasteiger partial charge >= 0.3 is 11.7 Å². The van der Waals surface area contributed by atoms with Crippen molar-refractivity contribution in [3.8, 4) is 0 Å². The molecule has 30 heavy (non-hydrogen) atoms. The van der Waals surface area contributed by atoms with Gasteiger partial charge in [-0.15, -0.1) is 18.3 Å². The summed E-state index contributed by atoms with van der Waals surface area (Å²) in [5.74, 6) is -0.356. The molecule has 0 amide bonds. The third-order valence-corrected chi connectivity index (χ3v) is 12.3. The van der Waals surface area contributed by atoms with Gasteiger partial charge in [0.25, 0.3) is 5.56 Å². The summed E-state index contributed by atoms with van der Waals surface area (Å²) < 4.78 is 13.3. The Hall–Kier alpha value is -1.58. The van der Waals surface area contributed by atoms with Gasteiger partial charge in [-0.2, -0.15) is 0 Å². The zero-order chi connectivity index (χ0) is 22.9. The summed E-state index contributed by atoms with van der Waals surface area (Å²) in [4.78, 5) is 38.3. The molecule has 3 atom stereocenters. The molecular formula is C21H34N2O5SSi. The Morgan fingerprint density at radius 2 is 2.07 bits per heavy atom. The second-order valence-corrected chi connectivity index (χ2v) is 15.8. The summed E-state index contributed by atoms with van der Waals surface area (Å²) in [7, 11) is -2.14. The van der Waals surface area contributed by atoms with Crippen molar-refractivity contribution in [1.82, 2.24) is 9.55 Å². The van der Waals surface area contributed by atoms with Gasteiger partial charge in [0.05, 0.1) is 16.2 Å². The average Bonchev–Trinajstić information content (AvgIpc) is 2.93. The Kier molecular flexibility index (Phi) is 7.31. The fraction of sp³-hybridized carbons (Fsp3) is 0.667. The molecule has 1 saturated heterocycles. The van der Waals surface area contributed by atoms with Gasteiger partial charge in [0.1, 0.15) is 6.61 Å². The highest BCUT2D eigenvalue weighted by atomic mass is 32.2. The van der Waals surface area contributed by atoms with Crippen LogP contribution >= 0.6 is 11.8 Å². The number of aromatic amines is 1. The SMILES string of the molecule is C=CC[C@@]1(COC(C)=O)S[C@@H](n2cc(C)c(=O)[nH]c2=O)C[C@@H]1O[Si](C)(C)C(C)(C)C. The molecule has 1 fully saturated rings. The monoisotopic (exact) mass is 454 g/mol. The lowest BCUT2D eigenvalue weighted by Crippen LogP contribution is -2.50. The molecule has 0 spiro atoms. The van der Waals surface area contributed by atoms with E-state index < -0.39 is 18.8 Å². The van der Waals surface area contributed by atoms with E-state index in [4.69, 9.17) is 9.16 Å². The molecule has 2 heterocycles. The first-order chi connectivity index (χ1) is 13.7. The normalized spacial score (nSPS) is 24.6. The molecule has 7 nitrogen and oxygen atoms in total. The number of carbonyl (C=O) groups is 1. The van der Waals surface area contributed by atoms with Crippen LogP contribution in [0, 0.1) is 6.92 Å². The van der Waals surface area contributed by atoms with Crippen molar-refractivity contribution in [2.45, 2.75) is 81.8 Å². The lowest BCUT2D eigenvalue weighted by atomic mass is 9.96. The van der Waals surface area contributed by atoms with E-state index in [1.54, 1.807) is 29.4 Å². The smallest absolute Gasteiger partial charge is 0.329 e. The number of hydrogen-bond donors (Lipinski definition) is 1. The van der Waals surface area contributed by atoms with E-state index in [2.05, 4.69) is 45.4 Å². The molecule has 1 aliphatic rings. The number of aryl methyl sites for hydroxylation is 1. The molecule has 2 rings (SSSR count). The largest absolute Gasteiger partial charge is 0.464 e. The van der Waals surface area contributed by atoms with Crippen molar-refractivity contribution in [2.24, 2.45) is 0 Å². The maximum atomic E-state index is 12.5. The molecular weight excluding hydrogens is 420 g/mol. The molecule has 9 heteroatoms. The number of nitrogens with one attached hydrogen (secondary N) is 1. The molecule has 0 unspecified atom stereocenters. The molecule has 1 aromatic heterocycles. The van der Waals surface area contributed by atoms with Gasteiger partial charge in [-0.1, -0.05) is 26.8 Å². The van der Waals surface area contributed by atoms with E-state index in [9.17, 15) is 14.4 Å². The minimum absolute atomic E-state index is 0.00249. The Morgan fingerprint density at radius 1 is 1.43 bits per heavy atom. The highest BCUT2D eigenvalue weighted by molar-refractivity contribution is 8.01. The van der Waals surface area contributed by atoms with Crippen LogP contribution in [0.25, 0.3) is 0 Å². The summed E-state index contributed by atoms with van der Waals surface area (Å²) in [5.41, 5.74) is -0.361. The third kappa shape index (κ3) is 5.18. The molecule has 1 aromatic rings. The molecule has 1 aliphatic heterocycles. The van der Waals surface area contributed by atoms with E-state index in [1.807, 2.05) is 6.08 Å². The molecule has 0 saturated carbocycles. The van der Waals surface area contributed by atoms with E-state index in [-0.39, 0.29) is 34.7 Å². The Balaban J connectivity index is 2.50. The Bertz CT molecular complexity index is 917. The highest BCUT2D eigenvalue weighted by Gasteiger charge is 2.53. The zero-order valence-corrected chi connectivity index (χ0v) is 20.9. The second kappa shape index (κ2) is 8.88. The number of esters is 1. The maximum absolute atomic E-state index is 12.5. The van der Waals surface area contributed by atoms with E-state index in [1.165, 1.54) is 6.92 Å². The van der Waals surface area contributed by atoms with Crippen LogP contribution in [0.15, 0.2) is 28.4 Å². The molecule has 0 radical (unpaired) electrons. The first-order valence-electron chi connectivity index (χ1n) is 10.1. The fourth-order valence-electron chi connectivity index (χ4n) is 3.28. The number of nitrogens with zero attached hydrogens (tertiary/aromatic N) is 1. The predicted octanol–water partition coefficient (Wildman–Crippen LogP) is 3.75. The lowest BCUT2D eigenvalue weighted by Gasteiger charge is -2.43. The quantitative estimate of drug-likeness (QED) is 0.383. The number of thioether (sulfide) groups is 1. The number of carbonyl (C=O) groups excluding carboxylic acids is 1. The number of rotatable bonds is 7.